The van der Waals surface area contributed by atoms with Gasteiger partial charge in [-0.15, -0.1) is 0 Å². The third-order valence-corrected chi connectivity index (χ3v) is 3.26. The first-order chi connectivity index (χ1) is 8.18. The smallest absolute Gasteiger partial charge is 0.220 e. The number of thiocarbonyl (C=S) groups is 1. The Bertz CT molecular complexity index is 444. The van der Waals surface area contributed by atoms with E-state index in [1.165, 1.54) is 0 Å². The molecule has 90 valence electrons. The number of hydrogen-bond acceptors (Lipinski definition) is 3. The maximum atomic E-state index is 12.1. The lowest BCUT2D eigenvalue weighted by atomic mass is 10.1. The molecule has 0 radical (unpaired) electrons. The quantitative estimate of drug-likeness (QED) is 0.608. The summed E-state index contributed by atoms with van der Waals surface area (Å²) in [4.78, 5) is 14.3. The Labute approximate surface area is 110 Å². The van der Waals surface area contributed by atoms with Gasteiger partial charge in [0.25, 0.3) is 0 Å². The second-order valence-electron chi connectivity index (χ2n) is 3.74. The van der Waals surface area contributed by atoms with Gasteiger partial charge in [-0.1, -0.05) is 36.0 Å². The number of carbonyl (C=O) groups is 1. The van der Waals surface area contributed by atoms with Crippen molar-refractivity contribution >= 4 is 34.6 Å². The van der Waals surface area contributed by atoms with Crippen molar-refractivity contribution in [1.29, 1.82) is 0 Å². The molecule has 3 nitrogen and oxygen atoms in total. The molecule has 1 aliphatic rings. The van der Waals surface area contributed by atoms with Crippen LogP contribution in [0, 0.1) is 0 Å². The summed E-state index contributed by atoms with van der Waals surface area (Å²) in [6, 6.07) is 6.84. The summed E-state index contributed by atoms with van der Waals surface area (Å²) in [5, 5.41) is 0.542. The molecule has 0 aromatic heterocycles. The molecule has 2 rings (SSSR count). The number of nitrogens with zero attached hydrogens (tertiary/aromatic N) is 1. The van der Waals surface area contributed by atoms with Gasteiger partial charge in [0, 0.05) is 23.7 Å². The summed E-state index contributed by atoms with van der Waals surface area (Å²) >= 11 is 11.0. The molecule has 0 amide bonds. The minimum Gasteiger partial charge on any atom is -0.378 e. The monoisotopic (exact) mass is 269 g/mol. The molecule has 0 bridgehead atoms. The van der Waals surface area contributed by atoms with Gasteiger partial charge in [-0.3, -0.25) is 4.79 Å². The number of Topliss-reactive ketones (excluding diaryl/α,β-unsaturated/α-hetero) is 1. The Hall–Kier alpha value is -0.970. The standard InChI is InChI=1S/C12H12ClNO2S/c13-10-3-1-2-9(8-10)11(15)12(17)14-4-6-16-7-5-14/h1-3,8H,4-7H2. The molecule has 1 aliphatic heterocycles. The lowest BCUT2D eigenvalue weighted by Crippen LogP contribution is -2.43. The lowest BCUT2D eigenvalue weighted by Gasteiger charge is -2.28. The van der Waals surface area contributed by atoms with Crippen molar-refractivity contribution in [1.82, 2.24) is 4.90 Å². The highest BCUT2D eigenvalue weighted by Crippen LogP contribution is 2.13. The molecular weight excluding hydrogens is 258 g/mol. The number of carbonyl (C=O) groups excluding carboxylic acids is 1. The summed E-state index contributed by atoms with van der Waals surface area (Å²) in [7, 11) is 0. The van der Waals surface area contributed by atoms with Crippen molar-refractivity contribution in [2.24, 2.45) is 0 Å². The molecular formula is C12H12ClNO2S. The van der Waals surface area contributed by atoms with E-state index in [1.807, 2.05) is 4.90 Å². The van der Waals surface area contributed by atoms with Crippen LogP contribution in [0.25, 0.3) is 0 Å². The first kappa shape index (κ1) is 12.5. The van der Waals surface area contributed by atoms with E-state index in [4.69, 9.17) is 28.6 Å². The highest BCUT2D eigenvalue weighted by atomic mass is 35.5. The Kier molecular flexibility index (Phi) is 4.10. The maximum Gasteiger partial charge on any atom is 0.220 e. The Balaban J connectivity index is 2.11. The van der Waals surface area contributed by atoms with E-state index in [0.717, 1.165) is 0 Å². The van der Waals surface area contributed by atoms with Crippen LogP contribution in [-0.2, 0) is 4.74 Å². The molecule has 0 unspecified atom stereocenters. The van der Waals surface area contributed by atoms with Crippen LogP contribution >= 0.6 is 23.8 Å². The lowest BCUT2D eigenvalue weighted by molar-refractivity contribution is 0.0670. The van der Waals surface area contributed by atoms with Gasteiger partial charge >= 0.3 is 0 Å². The second kappa shape index (κ2) is 5.58. The zero-order valence-corrected chi connectivity index (χ0v) is 10.8. The fourth-order valence-corrected chi connectivity index (χ4v) is 2.15. The van der Waals surface area contributed by atoms with Gasteiger partial charge in [-0.2, -0.15) is 0 Å². The van der Waals surface area contributed by atoms with Crippen LogP contribution in [0.4, 0.5) is 0 Å². The zero-order valence-electron chi connectivity index (χ0n) is 9.19. The summed E-state index contributed by atoms with van der Waals surface area (Å²) < 4.78 is 5.22. The average molecular weight is 270 g/mol. The van der Waals surface area contributed by atoms with Crippen LogP contribution in [0.15, 0.2) is 24.3 Å². The van der Waals surface area contributed by atoms with Crippen molar-refractivity contribution in [3.8, 4) is 0 Å². The van der Waals surface area contributed by atoms with Crippen LogP contribution in [0.5, 0.6) is 0 Å². The Morgan fingerprint density at radius 1 is 1.35 bits per heavy atom. The topological polar surface area (TPSA) is 29.5 Å². The molecule has 1 heterocycles. The van der Waals surface area contributed by atoms with Crippen molar-refractivity contribution in [3.05, 3.63) is 34.9 Å². The summed E-state index contributed by atoms with van der Waals surface area (Å²) in [6.45, 7) is 2.57. The van der Waals surface area contributed by atoms with Gasteiger partial charge < -0.3 is 9.64 Å². The molecule has 1 aromatic carbocycles. The van der Waals surface area contributed by atoms with E-state index in [-0.39, 0.29) is 5.78 Å². The van der Waals surface area contributed by atoms with Gasteiger partial charge in [0.1, 0.15) is 0 Å². The summed E-state index contributed by atoms with van der Waals surface area (Å²) in [6.07, 6.45) is 0. The second-order valence-corrected chi connectivity index (χ2v) is 4.57. The van der Waals surface area contributed by atoms with E-state index >= 15 is 0 Å². The molecule has 5 heteroatoms. The predicted octanol–water partition coefficient (Wildman–Crippen LogP) is 2.18. The van der Waals surface area contributed by atoms with Crippen LogP contribution < -0.4 is 0 Å². The van der Waals surface area contributed by atoms with E-state index in [9.17, 15) is 4.79 Å². The van der Waals surface area contributed by atoms with Crippen LogP contribution in [0.3, 0.4) is 0 Å². The third kappa shape index (κ3) is 3.03. The summed E-state index contributed by atoms with van der Waals surface area (Å²) in [5.74, 6) is -0.149. The first-order valence-corrected chi connectivity index (χ1v) is 6.14. The van der Waals surface area contributed by atoms with Crippen LogP contribution in [0.1, 0.15) is 10.4 Å². The minimum absolute atomic E-state index is 0.149. The number of ketones is 1. The van der Waals surface area contributed by atoms with Gasteiger partial charge in [0.15, 0.2) is 4.99 Å². The number of rotatable bonds is 2. The van der Waals surface area contributed by atoms with Crippen LogP contribution in [0.2, 0.25) is 5.02 Å². The number of hydrogen-bond donors (Lipinski definition) is 0. The minimum atomic E-state index is -0.149. The van der Waals surface area contributed by atoms with Crippen molar-refractivity contribution in [3.63, 3.8) is 0 Å². The fourth-order valence-electron chi connectivity index (χ4n) is 1.66. The molecule has 1 fully saturated rings. The molecule has 17 heavy (non-hydrogen) atoms. The van der Waals surface area contributed by atoms with E-state index in [0.29, 0.717) is 41.9 Å². The van der Waals surface area contributed by atoms with Gasteiger partial charge in [0.05, 0.1) is 13.2 Å². The van der Waals surface area contributed by atoms with Gasteiger partial charge in [-0.05, 0) is 12.1 Å². The number of ether oxygens (including phenoxy) is 1. The number of benzene rings is 1. The van der Waals surface area contributed by atoms with E-state index in [1.54, 1.807) is 24.3 Å². The summed E-state index contributed by atoms with van der Waals surface area (Å²) in [5.41, 5.74) is 0.536. The molecule has 1 saturated heterocycles. The van der Waals surface area contributed by atoms with Crippen molar-refractivity contribution in [2.45, 2.75) is 0 Å². The molecule has 0 spiro atoms. The normalized spacial score (nSPS) is 15.7. The van der Waals surface area contributed by atoms with Crippen LogP contribution in [-0.4, -0.2) is 42.0 Å². The van der Waals surface area contributed by atoms with Gasteiger partial charge in [0.2, 0.25) is 5.78 Å². The molecule has 0 N–H and O–H groups in total. The van der Waals surface area contributed by atoms with E-state index in [2.05, 4.69) is 0 Å². The highest BCUT2D eigenvalue weighted by Gasteiger charge is 2.20. The number of halogens is 1. The maximum absolute atomic E-state index is 12.1. The molecule has 0 aliphatic carbocycles. The zero-order chi connectivity index (χ0) is 12.3. The first-order valence-electron chi connectivity index (χ1n) is 5.35. The van der Waals surface area contributed by atoms with Gasteiger partial charge in [-0.25, -0.2) is 0 Å². The van der Waals surface area contributed by atoms with Crippen molar-refractivity contribution in [2.75, 3.05) is 26.3 Å². The molecule has 0 saturated carbocycles. The van der Waals surface area contributed by atoms with Crippen molar-refractivity contribution < 1.29 is 9.53 Å². The highest BCUT2D eigenvalue weighted by molar-refractivity contribution is 7.82. The Morgan fingerprint density at radius 3 is 2.71 bits per heavy atom. The third-order valence-electron chi connectivity index (χ3n) is 2.58. The predicted molar refractivity (Wildman–Crippen MR) is 70.8 cm³/mol. The molecule has 0 atom stereocenters. The average Bonchev–Trinajstić information content (AvgIpc) is 2.38. The molecule has 1 aromatic rings. The largest absolute Gasteiger partial charge is 0.378 e. The SMILES string of the molecule is O=C(C(=S)N1CCOCC1)c1cccc(Cl)c1. The fraction of sp³-hybridized carbons (Fsp3) is 0.333. The Morgan fingerprint density at radius 2 is 2.06 bits per heavy atom. The number of morpholine rings is 1. The van der Waals surface area contributed by atoms with E-state index < -0.39 is 0 Å².